The van der Waals surface area contributed by atoms with Crippen LogP contribution in [0.1, 0.15) is 5.69 Å². The van der Waals surface area contributed by atoms with Crippen molar-refractivity contribution in [2.24, 2.45) is 0 Å². The molecule has 1 N–H and O–H groups in total. The number of halogens is 1. The molecular formula is C12H9BrN4. The molecule has 0 aliphatic heterocycles. The Morgan fingerprint density at radius 1 is 1.18 bits per heavy atom. The van der Waals surface area contributed by atoms with E-state index in [1.165, 1.54) is 0 Å². The topological polar surface area (TPSA) is 54.5 Å². The third kappa shape index (κ3) is 1.82. The summed E-state index contributed by atoms with van der Waals surface area (Å²) in [5, 5.41) is 0. The summed E-state index contributed by atoms with van der Waals surface area (Å²) < 4.78 is 0.913. The molecule has 0 aliphatic carbocycles. The van der Waals surface area contributed by atoms with Gasteiger partial charge < -0.3 is 4.98 Å². The van der Waals surface area contributed by atoms with Gasteiger partial charge in [0.25, 0.3) is 0 Å². The fourth-order valence-electron chi connectivity index (χ4n) is 1.66. The van der Waals surface area contributed by atoms with E-state index in [1.54, 1.807) is 6.20 Å². The number of hydrogen-bond acceptors (Lipinski definition) is 3. The van der Waals surface area contributed by atoms with Crippen LogP contribution in [0, 0.1) is 6.92 Å². The Hall–Kier alpha value is -1.75. The Bertz CT molecular complexity index is 690. The highest BCUT2D eigenvalue weighted by molar-refractivity contribution is 9.10. The van der Waals surface area contributed by atoms with Crippen LogP contribution in [0.3, 0.4) is 0 Å². The van der Waals surface area contributed by atoms with Crippen molar-refractivity contribution in [3.05, 3.63) is 40.6 Å². The first-order valence-corrected chi connectivity index (χ1v) is 5.97. The summed E-state index contributed by atoms with van der Waals surface area (Å²) >= 11 is 3.46. The van der Waals surface area contributed by atoms with E-state index in [0.717, 1.165) is 32.8 Å². The van der Waals surface area contributed by atoms with Crippen molar-refractivity contribution >= 4 is 27.1 Å². The van der Waals surface area contributed by atoms with Gasteiger partial charge in [-0.2, -0.15) is 0 Å². The normalized spacial score (nSPS) is 10.9. The molecule has 0 aromatic carbocycles. The second-order valence-electron chi connectivity index (χ2n) is 3.74. The maximum atomic E-state index is 4.45. The minimum atomic E-state index is 0.720. The predicted octanol–water partition coefficient (Wildman–Crippen LogP) is 3.09. The van der Waals surface area contributed by atoms with E-state index < -0.39 is 0 Å². The monoisotopic (exact) mass is 288 g/mol. The second-order valence-corrected chi connectivity index (χ2v) is 4.60. The lowest BCUT2D eigenvalue weighted by atomic mass is 10.3. The van der Waals surface area contributed by atoms with Gasteiger partial charge in [0.1, 0.15) is 5.69 Å². The Morgan fingerprint density at radius 3 is 2.88 bits per heavy atom. The van der Waals surface area contributed by atoms with Crippen LogP contribution in [-0.2, 0) is 0 Å². The van der Waals surface area contributed by atoms with Gasteiger partial charge in [0.15, 0.2) is 11.5 Å². The van der Waals surface area contributed by atoms with Crippen LogP contribution < -0.4 is 0 Å². The number of H-pyrrole nitrogens is 1. The number of hydrogen-bond donors (Lipinski definition) is 1. The van der Waals surface area contributed by atoms with Gasteiger partial charge >= 0.3 is 0 Å². The van der Waals surface area contributed by atoms with Crippen LogP contribution in [0.5, 0.6) is 0 Å². The average Bonchev–Trinajstić information content (AvgIpc) is 2.72. The molecular weight excluding hydrogens is 280 g/mol. The number of imidazole rings is 1. The third-order valence-corrected chi connectivity index (χ3v) is 3.11. The molecule has 4 nitrogen and oxygen atoms in total. The summed E-state index contributed by atoms with van der Waals surface area (Å²) in [4.78, 5) is 16.3. The molecule has 0 saturated heterocycles. The molecule has 3 rings (SSSR count). The number of nitrogens with one attached hydrogen (secondary N) is 1. The Kier molecular flexibility index (Phi) is 2.40. The van der Waals surface area contributed by atoms with Crippen molar-refractivity contribution in [1.82, 2.24) is 19.9 Å². The van der Waals surface area contributed by atoms with Crippen molar-refractivity contribution in [3.63, 3.8) is 0 Å². The van der Waals surface area contributed by atoms with Crippen LogP contribution in [0.2, 0.25) is 0 Å². The summed E-state index contributed by atoms with van der Waals surface area (Å²) in [6.45, 7) is 1.95. The minimum Gasteiger partial charge on any atom is -0.335 e. The summed E-state index contributed by atoms with van der Waals surface area (Å²) in [6, 6.07) is 7.75. The largest absolute Gasteiger partial charge is 0.335 e. The highest BCUT2D eigenvalue weighted by Crippen LogP contribution is 2.24. The number of aromatic amines is 1. The summed E-state index contributed by atoms with van der Waals surface area (Å²) in [5.41, 5.74) is 3.39. The van der Waals surface area contributed by atoms with Crippen LogP contribution in [-0.4, -0.2) is 19.9 Å². The molecule has 0 fully saturated rings. The zero-order valence-corrected chi connectivity index (χ0v) is 10.7. The first-order chi connectivity index (χ1) is 8.24. The molecule has 3 heterocycles. The van der Waals surface area contributed by atoms with Crippen LogP contribution in [0.15, 0.2) is 34.9 Å². The zero-order chi connectivity index (χ0) is 11.8. The standard InChI is InChI=1S/C12H9BrN4/c1-7-4-5-9-11(15-7)17-12(16-9)10-8(13)3-2-6-14-10/h2-6H,1H3,(H,15,16,17). The maximum Gasteiger partial charge on any atom is 0.178 e. The van der Waals surface area contributed by atoms with Crippen molar-refractivity contribution in [1.29, 1.82) is 0 Å². The molecule has 3 aromatic rings. The van der Waals surface area contributed by atoms with E-state index >= 15 is 0 Å². The Morgan fingerprint density at radius 2 is 2.06 bits per heavy atom. The predicted molar refractivity (Wildman–Crippen MR) is 69.6 cm³/mol. The second kappa shape index (κ2) is 3.92. The van der Waals surface area contributed by atoms with Crippen molar-refractivity contribution in [2.45, 2.75) is 6.92 Å². The molecule has 0 radical (unpaired) electrons. The number of fused-ring (bicyclic) bond motifs is 1. The Labute approximate surface area is 106 Å². The van der Waals surface area contributed by atoms with Gasteiger partial charge in [0, 0.05) is 16.4 Å². The molecule has 0 saturated carbocycles. The van der Waals surface area contributed by atoms with Gasteiger partial charge in [0.05, 0.1) is 5.52 Å². The van der Waals surface area contributed by atoms with Gasteiger partial charge in [-0.15, -0.1) is 0 Å². The van der Waals surface area contributed by atoms with E-state index in [4.69, 9.17) is 0 Å². The molecule has 0 atom stereocenters. The van der Waals surface area contributed by atoms with E-state index in [2.05, 4.69) is 35.9 Å². The molecule has 0 spiro atoms. The zero-order valence-electron chi connectivity index (χ0n) is 9.11. The van der Waals surface area contributed by atoms with E-state index in [0.29, 0.717) is 0 Å². The van der Waals surface area contributed by atoms with Crippen LogP contribution in [0.25, 0.3) is 22.7 Å². The molecule has 0 amide bonds. The first-order valence-electron chi connectivity index (χ1n) is 5.18. The smallest absolute Gasteiger partial charge is 0.178 e. The van der Waals surface area contributed by atoms with Gasteiger partial charge in [-0.3, -0.25) is 4.98 Å². The van der Waals surface area contributed by atoms with Crippen molar-refractivity contribution in [3.8, 4) is 11.5 Å². The van der Waals surface area contributed by atoms with Gasteiger partial charge in [-0.25, -0.2) is 9.97 Å². The summed E-state index contributed by atoms with van der Waals surface area (Å²) in [5.74, 6) is 0.727. The molecule has 0 bridgehead atoms. The Balaban J connectivity index is 2.22. The molecule has 3 aromatic heterocycles. The van der Waals surface area contributed by atoms with E-state index in [1.807, 2.05) is 31.2 Å². The summed E-state index contributed by atoms with van der Waals surface area (Å²) in [6.07, 6.45) is 1.74. The average molecular weight is 289 g/mol. The lowest BCUT2D eigenvalue weighted by molar-refractivity contribution is 1.20. The lowest BCUT2D eigenvalue weighted by Gasteiger charge is -1.97. The quantitative estimate of drug-likeness (QED) is 0.749. The van der Waals surface area contributed by atoms with E-state index in [9.17, 15) is 0 Å². The lowest BCUT2D eigenvalue weighted by Crippen LogP contribution is -1.86. The van der Waals surface area contributed by atoms with E-state index in [-0.39, 0.29) is 0 Å². The molecule has 5 heteroatoms. The van der Waals surface area contributed by atoms with Crippen molar-refractivity contribution in [2.75, 3.05) is 0 Å². The summed E-state index contributed by atoms with van der Waals surface area (Å²) in [7, 11) is 0. The fraction of sp³-hybridized carbons (Fsp3) is 0.0833. The number of pyridine rings is 2. The number of aromatic nitrogens is 4. The molecule has 84 valence electrons. The van der Waals surface area contributed by atoms with Gasteiger partial charge in [-0.1, -0.05) is 0 Å². The van der Waals surface area contributed by atoms with Crippen LogP contribution >= 0.6 is 15.9 Å². The molecule has 0 unspecified atom stereocenters. The van der Waals surface area contributed by atoms with Crippen molar-refractivity contribution < 1.29 is 0 Å². The third-order valence-electron chi connectivity index (χ3n) is 2.47. The number of rotatable bonds is 1. The molecule has 17 heavy (non-hydrogen) atoms. The number of nitrogens with zero attached hydrogens (tertiary/aromatic N) is 3. The van der Waals surface area contributed by atoms with Gasteiger partial charge in [-0.05, 0) is 47.1 Å². The first kappa shape index (κ1) is 10.4. The fourth-order valence-corrected chi connectivity index (χ4v) is 2.10. The SMILES string of the molecule is Cc1ccc2[nH]c(-c3ncccc3Br)nc2n1. The van der Waals surface area contributed by atoms with Gasteiger partial charge in [0.2, 0.25) is 0 Å². The number of aryl methyl sites for hydroxylation is 1. The maximum absolute atomic E-state index is 4.45. The highest BCUT2D eigenvalue weighted by atomic mass is 79.9. The molecule has 0 aliphatic rings. The minimum absolute atomic E-state index is 0.720. The highest BCUT2D eigenvalue weighted by Gasteiger charge is 2.10. The van der Waals surface area contributed by atoms with Crippen LogP contribution in [0.4, 0.5) is 0 Å².